The molecule has 0 amide bonds. The molecule has 2 aromatic carbocycles. The van der Waals surface area contributed by atoms with E-state index in [2.05, 4.69) is 127 Å². The first kappa shape index (κ1) is 27.2. The summed E-state index contributed by atoms with van der Waals surface area (Å²) in [5, 5.41) is 8.55. The van der Waals surface area contributed by atoms with Crippen LogP contribution in [-0.4, -0.2) is 0 Å². The molecule has 0 saturated carbocycles. The van der Waals surface area contributed by atoms with Gasteiger partial charge in [0.25, 0.3) is 0 Å². The highest BCUT2D eigenvalue weighted by Crippen LogP contribution is 2.25. The molecule has 2 heteroatoms. The molecule has 0 N–H and O–H groups in total. The van der Waals surface area contributed by atoms with Crippen LogP contribution in [0.5, 0.6) is 0 Å². The van der Waals surface area contributed by atoms with Crippen LogP contribution in [0.4, 0.5) is 11.4 Å². The Morgan fingerprint density at radius 2 is 0.889 bits per heavy atom. The molecule has 184 valence electrons. The summed E-state index contributed by atoms with van der Waals surface area (Å²) in [6.45, 7) is 17.0. The lowest BCUT2D eigenvalue weighted by atomic mass is 9.92. The van der Waals surface area contributed by atoms with Gasteiger partial charge in [-0.05, 0) is 140 Å². The van der Waals surface area contributed by atoms with E-state index in [-0.39, 0.29) is 0 Å². The summed E-state index contributed by atoms with van der Waals surface area (Å²) >= 11 is 0. The number of azo groups is 1. The van der Waals surface area contributed by atoms with Crippen LogP contribution in [0.25, 0.3) is 0 Å². The molecule has 2 radical (unpaired) electrons. The lowest BCUT2D eigenvalue weighted by Crippen LogP contribution is -1.96. The quantitative estimate of drug-likeness (QED) is 0.305. The van der Waals surface area contributed by atoms with Gasteiger partial charge in [-0.2, -0.15) is 10.2 Å². The zero-order valence-electron chi connectivity index (χ0n) is 23.1. The van der Waals surface area contributed by atoms with Crippen LogP contribution in [0.3, 0.4) is 0 Å². The maximum atomic E-state index is 4.27. The Kier molecular flexibility index (Phi) is 9.43. The van der Waals surface area contributed by atoms with Gasteiger partial charge in [0.15, 0.2) is 0 Å². The van der Waals surface area contributed by atoms with Crippen LogP contribution in [0.1, 0.15) is 62.8 Å². The van der Waals surface area contributed by atoms with E-state index in [0.717, 1.165) is 24.2 Å². The molecule has 0 fully saturated rings. The first-order valence-electron chi connectivity index (χ1n) is 12.6. The van der Waals surface area contributed by atoms with E-state index in [9.17, 15) is 0 Å². The predicted molar refractivity (Wildman–Crippen MR) is 155 cm³/mol. The van der Waals surface area contributed by atoms with E-state index >= 15 is 0 Å². The lowest BCUT2D eigenvalue weighted by molar-refractivity contribution is 1.09. The highest BCUT2D eigenvalue weighted by atomic mass is 15.1. The van der Waals surface area contributed by atoms with Crippen molar-refractivity contribution in [3.05, 3.63) is 117 Å². The highest BCUT2D eigenvalue weighted by Gasteiger charge is 2.07. The standard InChI is InChI=1S/C18H20.C16H18N2/c1-13-5-7-17(11-15(13)3)9-10-18-8-6-14(2)16(4)12-18;1-11-5-7-15(9-13(11)3)17-18-16-8-6-12(2)14(4)10-16/h5-6,11-12H,7-8H2,1-4H3;5-10H,1-4H3. The Morgan fingerprint density at radius 3 is 1.22 bits per heavy atom. The Labute approximate surface area is 218 Å². The maximum absolute atomic E-state index is 4.27. The van der Waals surface area contributed by atoms with Crippen molar-refractivity contribution in [2.45, 2.75) is 68.2 Å². The second-order valence-electron chi connectivity index (χ2n) is 9.87. The average Bonchev–Trinajstić information content (AvgIpc) is 2.85. The fourth-order valence-electron chi connectivity index (χ4n) is 3.74. The molecular weight excluding hydrogens is 436 g/mol. The van der Waals surface area contributed by atoms with Crippen molar-refractivity contribution < 1.29 is 0 Å². The summed E-state index contributed by atoms with van der Waals surface area (Å²) in [5.74, 6) is 6.62. The molecule has 2 aliphatic rings. The minimum absolute atomic E-state index is 0.899. The van der Waals surface area contributed by atoms with Crippen molar-refractivity contribution in [2.24, 2.45) is 10.2 Å². The van der Waals surface area contributed by atoms with Gasteiger partial charge in [-0.15, -0.1) is 0 Å². The smallest absolute Gasteiger partial charge is 0.0859 e. The Hall–Kier alpha value is -3.44. The molecule has 0 atom stereocenters. The molecule has 0 aliphatic heterocycles. The number of aryl methyl sites for hydroxylation is 4. The second-order valence-corrected chi connectivity index (χ2v) is 9.87. The molecule has 2 nitrogen and oxygen atoms in total. The van der Waals surface area contributed by atoms with Gasteiger partial charge in [0.2, 0.25) is 0 Å². The summed E-state index contributed by atoms with van der Waals surface area (Å²) in [5.41, 5.74) is 14.7. The predicted octanol–water partition coefficient (Wildman–Crippen LogP) is 10.1. The van der Waals surface area contributed by atoms with Gasteiger partial charge in [-0.1, -0.05) is 46.3 Å². The van der Waals surface area contributed by atoms with E-state index < -0.39 is 0 Å². The van der Waals surface area contributed by atoms with E-state index in [0.29, 0.717) is 0 Å². The van der Waals surface area contributed by atoms with Crippen molar-refractivity contribution in [3.8, 4) is 11.8 Å². The molecule has 0 unspecified atom stereocenters. The van der Waals surface area contributed by atoms with Crippen molar-refractivity contribution in [1.29, 1.82) is 0 Å². The first-order valence-corrected chi connectivity index (χ1v) is 12.6. The molecule has 36 heavy (non-hydrogen) atoms. The van der Waals surface area contributed by atoms with Gasteiger partial charge in [0.05, 0.1) is 11.4 Å². The molecule has 0 bridgehead atoms. The molecule has 0 saturated heterocycles. The van der Waals surface area contributed by atoms with E-state index in [1.54, 1.807) is 0 Å². The zero-order chi connectivity index (χ0) is 26.2. The zero-order valence-corrected chi connectivity index (χ0v) is 23.1. The number of rotatable bonds is 2. The SMILES string of the molecule is CC1=C(C)C=C(C#CC2=CC(C)=C(C)[CH]C2)C[CH]1.Cc1ccc(N=Nc2ccc(C)c(C)c2)cc1C. The monoisotopic (exact) mass is 474 g/mol. The summed E-state index contributed by atoms with van der Waals surface area (Å²) in [6.07, 6.45) is 10.9. The number of benzene rings is 2. The van der Waals surface area contributed by atoms with Gasteiger partial charge >= 0.3 is 0 Å². The van der Waals surface area contributed by atoms with Gasteiger partial charge < -0.3 is 0 Å². The molecule has 0 heterocycles. The average molecular weight is 475 g/mol. The topological polar surface area (TPSA) is 24.7 Å². The fraction of sp³-hybridized carbons (Fsp3) is 0.294. The van der Waals surface area contributed by atoms with Crippen molar-refractivity contribution >= 4 is 11.4 Å². The van der Waals surface area contributed by atoms with Crippen LogP contribution in [-0.2, 0) is 0 Å². The molecule has 4 rings (SSSR count). The molecular formula is C34H38N2. The van der Waals surface area contributed by atoms with Gasteiger partial charge in [-0.3, -0.25) is 0 Å². The first-order chi connectivity index (χ1) is 17.1. The number of allylic oxidation sites excluding steroid dienone is 8. The van der Waals surface area contributed by atoms with Crippen molar-refractivity contribution in [1.82, 2.24) is 0 Å². The number of nitrogens with zero attached hydrogens (tertiary/aromatic N) is 2. The van der Waals surface area contributed by atoms with Crippen molar-refractivity contribution in [3.63, 3.8) is 0 Å². The van der Waals surface area contributed by atoms with Gasteiger partial charge in [0, 0.05) is 11.1 Å². The lowest BCUT2D eigenvalue weighted by Gasteiger charge is -2.12. The third kappa shape index (κ3) is 7.79. The Bertz CT molecular complexity index is 1250. The Balaban J connectivity index is 0.000000201. The normalized spacial score (nSPS) is 15.7. The van der Waals surface area contributed by atoms with E-state index in [1.165, 1.54) is 55.7 Å². The van der Waals surface area contributed by atoms with Gasteiger partial charge in [-0.25, -0.2) is 0 Å². The van der Waals surface area contributed by atoms with E-state index in [1.807, 2.05) is 12.1 Å². The van der Waals surface area contributed by atoms with Crippen LogP contribution < -0.4 is 0 Å². The van der Waals surface area contributed by atoms with Gasteiger partial charge in [0.1, 0.15) is 0 Å². The van der Waals surface area contributed by atoms with Crippen LogP contribution in [0.15, 0.2) is 92.2 Å². The summed E-state index contributed by atoms with van der Waals surface area (Å²) < 4.78 is 0. The molecule has 0 aromatic heterocycles. The summed E-state index contributed by atoms with van der Waals surface area (Å²) in [6, 6.07) is 12.2. The minimum Gasteiger partial charge on any atom is -0.151 e. The molecule has 2 aromatic rings. The number of hydrogen-bond acceptors (Lipinski definition) is 2. The number of hydrogen-bond donors (Lipinski definition) is 0. The largest absolute Gasteiger partial charge is 0.151 e. The summed E-state index contributed by atoms with van der Waals surface area (Å²) in [4.78, 5) is 0. The minimum atomic E-state index is 0.899. The molecule has 0 spiro atoms. The van der Waals surface area contributed by atoms with E-state index in [4.69, 9.17) is 0 Å². The van der Waals surface area contributed by atoms with Crippen LogP contribution in [0, 0.1) is 52.4 Å². The fourth-order valence-corrected chi connectivity index (χ4v) is 3.74. The van der Waals surface area contributed by atoms with Crippen LogP contribution >= 0.6 is 0 Å². The second kappa shape index (κ2) is 12.5. The summed E-state index contributed by atoms with van der Waals surface area (Å²) in [7, 11) is 0. The van der Waals surface area contributed by atoms with Crippen LogP contribution in [0.2, 0.25) is 0 Å². The third-order valence-electron chi connectivity index (χ3n) is 6.93. The Morgan fingerprint density at radius 1 is 0.500 bits per heavy atom. The molecule has 2 aliphatic carbocycles. The third-order valence-corrected chi connectivity index (χ3v) is 6.93. The maximum Gasteiger partial charge on any atom is 0.0859 e. The van der Waals surface area contributed by atoms with Crippen molar-refractivity contribution in [2.75, 3.05) is 0 Å². The highest BCUT2D eigenvalue weighted by molar-refractivity contribution is 5.50.